The fourth-order valence-electron chi connectivity index (χ4n) is 3.98. The molecule has 0 saturated carbocycles. The van der Waals surface area contributed by atoms with Gasteiger partial charge in [-0.1, -0.05) is 12.1 Å². The molecule has 0 unspecified atom stereocenters. The maximum Gasteiger partial charge on any atom is 0.229 e. The number of aromatic nitrogens is 1. The second kappa shape index (κ2) is 9.77. The van der Waals surface area contributed by atoms with Crippen molar-refractivity contribution in [3.63, 3.8) is 0 Å². The Labute approximate surface area is 195 Å². The summed E-state index contributed by atoms with van der Waals surface area (Å²) in [6.07, 6.45) is 3.40. The molecule has 3 rings (SSSR count). The number of sulfonamides is 1. The zero-order valence-electron chi connectivity index (χ0n) is 19.8. The number of benzene rings is 1. The van der Waals surface area contributed by atoms with Crippen molar-refractivity contribution in [2.45, 2.75) is 52.1 Å². The molecule has 7 nitrogen and oxygen atoms in total. The Morgan fingerprint density at radius 1 is 1.30 bits per heavy atom. The highest BCUT2D eigenvalue weighted by Crippen LogP contribution is 2.29. The van der Waals surface area contributed by atoms with Crippen molar-refractivity contribution >= 4 is 21.6 Å². The lowest BCUT2D eigenvalue weighted by Gasteiger charge is -2.27. The van der Waals surface area contributed by atoms with Crippen LogP contribution in [0.5, 0.6) is 0 Å². The smallest absolute Gasteiger partial charge is 0.229 e. The van der Waals surface area contributed by atoms with Crippen LogP contribution in [-0.4, -0.2) is 39.2 Å². The Balaban J connectivity index is 1.58. The lowest BCUT2D eigenvalue weighted by molar-refractivity contribution is -0.125. The fourth-order valence-corrected chi connectivity index (χ4v) is 4.60. The van der Waals surface area contributed by atoms with Gasteiger partial charge in [0.1, 0.15) is 11.4 Å². The minimum atomic E-state index is -3.49. The summed E-state index contributed by atoms with van der Waals surface area (Å²) >= 11 is 0. The van der Waals surface area contributed by atoms with Crippen molar-refractivity contribution in [1.29, 1.82) is 0 Å². The third kappa shape index (κ3) is 6.29. The third-order valence-corrected chi connectivity index (χ3v) is 6.74. The average Bonchev–Trinajstić information content (AvgIpc) is 2.75. The Morgan fingerprint density at radius 3 is 2.70 bits per heavy atom. The number of hydrogen-bond donors (Lipinski definition) is 2. The van der Waals surface area contributed by atoms with Crippen LogP contribution in [0.1, 0.15) is 48.3 Å². The van der Waals surface area contributed by atoms with Gasteiger partial charge in [-0.25, -0.2) is 12.8 Å². The van der Waals surface area contributed by atoms with Gasteiger partial charge >= 0.3 is 0 Å². The van der Waals surface area contributed by atoms with Crippen molar-refractivity contribution in [3.8, 4) is 0 Å². The van der Waals surface area contributed by atoms with E-state index in [1.54, 1.807) is 20.1 Å². The van der Waals surface area contributed by atoms with Gasteiger partial charge in [0, 0.05) is 25.3 Å². The first-order valence-corrected chi connectivity index (χ1v) is 12.9. The van der Waals surface area contributed by atoms with Crippen molar-refractivity contribution < 1.29 is 22.3 Å². The molecule has 2 aromatic rings. The molecule has 1 amide bonds. The molecular weight excluding hydrogens is 445 g/mol. The predicted molar refractivity (Wildman–Crippen MR) is 126 cm³/mol. The highest BCUT2D eigenvalue weighted by Gasteiger charge is 2.28. The zero-order valence-corrected chi connectivity index (χ0v) is 20.6. The number of nitrogens with one attached hydrogen (secondary N) is 2. The van der Waals surface area contributed by atoms with Crippen molar-refractivity contribution in [2.75, 3.05) is 24.6 Å². The maximum absolute atomic E-state index is 14.4. The molecule has 0 spiro atoms. The van der Waals surface area contributed by atoms with Crippen molar-refractivity contribution in [3.05, 3.63) is 58.2 Å². The topological polar surface area (TPSA) is 97.4 Å². The van der Waals surface area contributed by atoms with E-state index in [4.69, 9.17) is 9.72 Å². The summed E-state index contributed by atoms with van der Waals surface area (Å²) in [5, 5.41) is 2.92. The summed E-state index contributed by atoms with van der Waals surface area (Å²) in [7, 11) is -1.82. The molecule has 0 aliphatic heterocycles. The number of nitrogens with zero attached hydrogens (tertiary/aromatic N) is 1. The molecule has 1 aromatic heterocycles. The van der Waals surface area contributed by atoms with E-state index < -0.39 is 21.4 Å². The molecule has 9 heteroatoms. The van der Waals surface area contributed by atoms with Gasteiger partial charge in [-0.05, 0) is 75.3 Å². The number of carbonyl (C=O) groups excluding carboxylic acids is 1. The number of halogens is 1. The van der Waals surface area contributed by atoms with Gasteiger partial charge < -0.3 is 10.1 Å². The minimum Gasteiger partial charge on any atom is -0.373 e. The third-order valence-electron chi connectivity index (χ3n) is 6.14. The monoisotopic (exact) mass is 477 g/mol. The summed E-state index contributed by atoms with van der Waals surface area (Å²) < 4.78 is 45.1. The average molecular weight is 478 g/mol. The van der Waals surface area contributed by atoms with Crippen molar-refractivity contribution in [1.82, 2.24) is 10.3 Å². The molecule has 1 atom stereocenters. The number of anilines is 1. The number of hydrogen-bond acceptors (Lipinski definition) is 5. The van der Waals surface area contributed by atoms with E-state index in [-0.39, 0.29) is 17.5 Å². The van der Waals surface area contributed by atoms with Gasteiger partial charge in [0.05, 0.1) is 17.6 Å². The summed E-state index contributed by atoms with van der Waals surface area (Å²) in [6.45, 7) is 5.96. The van der Waals surface area contributed by atoms with Crippen LogP contribution in [0, 0.1) is 18.7 Å². The van der Waals surface area contributed by atoms with Crippen LogP contribution in [0.4, 0.5) is 10.1 Å². The molecule has 0 fully saturated rings. The van der Waals surface area contributed by atoms with Gasteiger partial charge in [0.2, 0.25) is 15.9 Å². The molecule has 1 aromatic carbocycles. The zero-order chi connectivity index (χ0) is 24.4. The number of carbonyl (C=O) groups is 1. The number of amides is 1. The SMILES string of the molecule is COC(C)(C)c1ccc2c(n1)CC[C@@H](C(=O)NCCc1cc(C)c(NS(C)(=O)=O)cc1F)C2. The quantitative estimate of drug-likeness (QED) is 0.608. The van der Waals surface area contributed by atoms with Gasteiger partial charge in [-0.2, -0.15) is 0 Å². The Morgan fingerprint density at radius 2 is 2.03 bits per heavy atom. The molecule has 0 radical (unpaired) electrons. The lowest BCUT2D eigenvalue weighted by atomic mass is 9.85. The standard InChI is InChI=1S/C24H32FN3O4S/c1-15-12-16(19(25)14-21(15)28-33(5,30)31)10-11-26-23(29)18-6-8-20-17(13-18)7-9-22(27-20)24(2,3)32-4/h7,9,12,14,18,28H,6,8,10-11,13H2,1-5H3,(H,26,29)/t18-/m1/s1. The first kappa shape index (κ1) is 25.1. The first-order chi connectivity index (χ1) is 15.4. The fraction of sp³-hybridized carbons (Fsp3) is 0.500. The van der Waals surface area contributed by atoms with E-state index in [0.717, 1.165) is 29.6 Å². The van der Waals surface area contributed by atoms with Gasteiger partial charge in [0.15, 0.2) is 0 Å². The highest BCUT2D eigenvalue weighted by molar-refractivity contribution is 7.92. The van der Waals surface area contributed by atoms with Gasteiger partial charge in [-0.3, -0.25) is 14.5 Å². The van der Waals surface area contributed by atoms with E-state index in [9.17, 15) is 17.6 Å². The van der Waals surface area contributed by atoms with Crippen molar-refractivity contribution in [2.24, 2.45) is 5.92 Å². The number of pyridine rings is 1. The number of aryl methyl sites for hydroxylation is 2. The maximum atomic E-state index is 14.4. The van der Waals surface area contributed by atoms with Gasteiger partial charge in [0.25, 0.3) is 0 Å². The molecule has 33 heavy (non-hydrogen) atoms. The molecule has 1 aliphatic rings. The number of fused-ring (bicyclic) bond motifs is 1. The van der Waals surface area contributed by atoms with Crippen LogP contribution in [0.15, 0.2) is 24.3 Å². The van der Waals surface area contributed by atoms with Crippen LogP contribution >= 0.6 is 0 Å². The number of rotatable bonds is 8. The van der Waals surface area contributed by atoms with E-state index in [2.05, 4.69) is 10.0 Å². The van der Waals surface area contributed by atoms with Crippen LogP contribution in [-0.2, 0) is 44.4 Å². The normalized spacial score (nSPS) is 16.2. The molecule has 2 N–H and O–H groups in total. The van der Waals surface area contributed by atoms with Gasteiger partial charge in [-0.15, -0.1) is 0 Å². The number of methoxy groups -OCH3 is 1. The summed E-state index contributed by atoms with van der Waals surface area (Å²) in [4.78, 5) is 17.5. The second-order valence-corrected chi connectivity index (χ2v) is 10.9. The molecule has 1 heterocycles. The Kier molecular flexibility index (Phi) is 7.43. The second-order valence-electron chi connectivity index (χ2n) is 9.13. The first-order valence-electron chi connectivity index (χ1n) is 11.0. The van der Waals surface area contributed by atoms with Crippen LogP contribution in [0.25, 0.3) is 0 Å². The van der Waals surface area contributed by atoms with Crippen LogP contribution < -0.4 is 10.0 Å². The summed E-state index contributed by atoms with van der Waals surface area (Å²) in [5.41, 5.74) is 3.77. The summed E-state index contributed by atoms with van der Waals surface area (Å²) in [6, 6.07) is 6.77. The minimum absolute atomic E-state index is 0.0468. The molecule has 0 saturated heterocycles. The predicted octanol–water partition coefficient (Wildman–Crippen LogP) is 3.25. The molecule has 180 valence electrons. The van der Waals surface area contributed by atoms with E-state index in [1.807, 2.05) is 26.0 Å². The van der Waals surface area contributed by atoms with Crippen LogP contribution in [0.3, 0.4) is 0 Å². The van der Waals surface area contributed by atoms with E-state index >= 15 is 0 Å². The molecule has 0 bridgehead atoms. The largest absolute Gasteiger partial charge is 0.373 e. The highest BCUT2D eigenvalue weighted by atomic mass is 32.2. The Hall–Kier alpha value is -2.52. The van der Waals surface area contributed by atoms with E-state index in [1.165, 1.54) is 6.07 Å². The van der Waals surface area contributed by atoms with Crippen LogP contribution in [0.2, 0.25) is 0 Å². The number of ether oxygens (including phenoxy) is 1. The molecule has 1 aliphatic carbocycles. The lowest BCUT2D eigenvalue weighted by Crippen LogP contribution is -2.35. The van der Waals surface area contributed by atoms with E-state index in [0.29, 0.717) is 36.9 Å². The Bertz CT molecular complexity index is 1150. The summed E-state index contributed by atoms with van der Waals surface area (Å²) in [5.74, 6) is -0.698. The molecular formula is C24H32FN3O4S.